The molecule has 0 unspecified atom stereocenters. The molecule has 4 rings (SSSR count). The number of H-pyrrole nitrogens is 4. The Kier molecular flexibility index (Phi) is 25.0. The Bertz CT molecular complexity index is 1650. The quantitative estimate of drug-likeness (QED) is 0.0518. The third-order valence-corrected chi connectivity index (χ3v) is 5.70. The van der Waals surface area contributed by atoms with Crippen molar-refractivity contribution in [2.75, 3.05) is 18.4 Å². The van der Waals surface area contributed by atoms with Crippen LogP contribution < -0.4 is 5.32 Å². The van der Waals surface area contributed by atoms with Crippen LogP contribution in [0.3, 0.4) is 0 Å². The highest BCUT2D eigenvalue weighted by molar-refractivity contribution is 6.20. The first-order valence-corrected chi connectivity index (χ1v) is 16.2. The number of amides is 1. The van der Waals surface area contributed by atoms with Crippen molar-refractivity contribution in [1.29, 1.82) is 0 Å². The lowest BCUT2D eigenvalue weighted by atomic mass is 10.4. The number of carbonyl (C=O) groups excluding carboxylic acids is 4. The number of nitrogens with one attached hydrogen (secondary N) is 5. The number of rotatable bonds is 6. The number of ether oxygens (including phenoxy) is 2. The minimum Gasteiger partial charge on any atom is -0.477 e. The van der Waals surface area contributed by atoms with Crippen LogP contribution in [0.2, 0.25) is 0 Å². The van der Waals surface area contributed by atoms with E-state index in [1.807, 2.05) is 47.6 Å². The van der Waals surface area contributed by atoms with Gasteiger partial charge in [0.2, 0.25) is 5.91 Å². The molecule has 51 heavy (non-hydrogen) atoms. The molecule has 4 aromatic heterocycles. The number of aromatic amines is 4. The fourth-order valence-electron chi connectivity index (χ4n) is 3.40. The molecule has 4 aromatic rings. The van der Waals surface area contributed by atoms with Crippen LogP contribution in [0.5, 0.6) is 0 Å². The second-order valence-electron chi connectivity index (χ2n) is 10.4. The van der Waals surface area contributed by atoms with Crippen LogP contribution in [-0.2, 0) is 14.3 Å². The third kappa shape index (κ3) is 22.2. The minimum absolute atomic E-state index is 0. The summed E-state index contributed by atoms with van der Waals surface area (Å²) < 4.78 is 9.48. The molecule has 0 spiro atoms. The van der Waals surface area contributed by atoms with Crippen LogP contribution >= 0.6 is 23.2 Å². The molecule has 0 saturated heterocycles. The van der Waals surface area contributed by atoms with Gasteiger partial charge in [-0.3, -0.25) is 4.79 Å². The van der Waals surface area contributed by atoms with Crippen molar-refractivity contribution < 1.29 is 38.6 Å². The van der Waals surface area contributed by atoms with Crippen molar-refractivity contribution in [2.45, 2.75) is 68.9 Å². The van der Waals surface area contributed by atoms with Crippen LogP contribution in [-0.4, -0.2) is 79.2 Å². The van der Waals surface area contributed by atoms with Crippen LogP contribution in [0, 0.1) is 39.5 Å². The number of alkyl halides is 2. The standard InChI is InChI=1S/C12H12N2O3.C8H11NO2.C6H7NO2.C5H11NO.C4H4Cl2.CH4/c1-7-3-5-9(13-7)11(15)17-12(16)10-6-4-8(2)14-10;1-3-11-8(10)7-5-4-6(2)9-7;1-4-2-3-5(7-4)6(8)9;1-4(2)6-5(3)7;5-3-1-2-4-6;/h3-6,13-14H,1-2H3;4-5,9H,3H2,1-2H3;2-3,7H,1H3,(H,8,9);4H,1-3H3,(H,6,7);3-4H2;1H4. The SMILES string of the molecule is C.CC(=O)NC(C)C.CCOC(=O)c1ccc(C)[nH]1.Cc1ccc(C(=O)O)[nH]1.Cc1ccc(C(=O)OC(=O)c2ccc(C)[nH]2)[nH]1.ClCC#CCCl. The molecule has 15 heteroatoms. The fraction of sp³-hybridized carbons (Fsp3) is 0.361. The largest absolute Gasteiger partial charge is 0.477 e. The van der Waals surface area contributed by atoms with Gasteiger partial charge < -0.3 is 39.8 Å². The molecule has 280 valence electrons. The maximum Gasteiger partial charge on any atom is 0.362 e. The summed E-state index contributed by atoms with van der Waals surface area (Å²) in [7, 11) is 0. The molecular weight excluding hydrogens is 701 g/mol. The molecule has 1 amide bonds. The molecule has 13 nitrogen and oxygen atoms in total. The molecule has 0 atom stereocenters. The predicted molar refractivity (Wildman–Crippen MR) is 200 cm³/mol. The Balaban J connectivity index is 0. The zero-order valence-electron chi connectivity index (χ0n) is 29.4. The van der Waals surface area contributed by atoms with Gasteiger partial charge >= 0.3 is 23.9 Å². The van der Waals surface area contributed by atoms with E-state index in [-0.39, 0.29) is 42.4 Å². The number of carboxylic acids is 1. The first-order valence-electron chi connectivity index (χ1n) is 15.2. The average Bonchev–Trinajstić information content (AvgIpc) is 3.86. The number of halogens is 2. The number of aromatic nitrogens is 4. The van der Waals surface area contributed by atoms with E-state index in [2.05, 4.69) is 37.1 Å². The number of carbonyl (C=O) groups is 5. The van der Waals surface area contributed by atoms with Gasteiger partial charge in [0.25, 0.3) is 0 Å². The van der Waals surface area contributed by atoms with Gasteiger partial charge in [-0.1, -0.05) is 19.3 Å². The van der Waals surface area contributed by atoms with E-state index in [4.69, 9.17) is 37.8 Å². The van der Waals surface area contributed by atoms with E-state index in [0.29, 0.717) is 24.1 Å². The number of esters is 3. The van der Waals surface area contributed by atoms with Crippen LogP contribution in [0.1, 0.15) is 99.9 Å². The summed E-state index contributed by atoms with van der Waals surface area (Å²) in [5.41, 5.74) is 4.79. The van der Waals surface area contributed by atoms with E-state index in [0.717, 1.165) is 22.8 Å². The summed E-state index contributed by atoms with van der Waals surface area (Å²) >= 11 is 10.3. The second-order valence-corrected chi connectivity index (χ2v) is 10.9. The summed E-state index contributed by atoms with van der Waals surface area (Å²) in [6.07, 6.45) is 0. The molecule has 0 saturated carbocycles. The lowest BCUT2D eigenvalue weighted by molar-refractivity contribution is -0.119. The number of aromatic carboxylic acids is 1. The molecule has 0 bridgehead atoms. The molecule has 0 aliphatic carbocycles. The summed E-state index contributed by atoms with van der Waals surface area (Å²) in [6, 6.07) is 13.7. The summed E-state index contributed by atoms with van der Waals surface area (Å²) in [5.74, 6) is 3.39. The van der Waals surface area contributed by atoms with Crippen molar-refractivity contribution in [2.24, 2.45) is 0 Å². The van der Waals surface area contributed by atoms with E-state index >= 15 is 0 Å². The monoisotopic (exact) mass is 749 g/mol. The molecule has 0 aliphatic heterocycles. The maximum absolute atomic E-state index is 11.6. The van der Waals surface area contributed by atoms with Gasteiger partial charge in [0.05, 0.1) is 18.4 Å². The van der Waals surface area contributed by atoms with Gasteiger partial charge in [-0.15, -0.1) is 23.2 Å². The van der Waals surface area contributed by atoms with E-state index < -0.39 is 17.9 Å². The molecular formula is C36H49Cl2N5O8. The molecule has 0 aliphatic rings. The third-order valence-electron chi connectivity index (χ3n) is 5.43. The van der Waals surface area contributed by atoms with Crippen molar-refractivity contribution in [1.82, 2.24) is 25.3 Å². The van der Waals surface area contributed by atoms with Crippen LogP contribution in [0.15, 0.2) is 48.5 Å². The van der Waals surface area contributed by atoms with Crippen molar-refractivity contribution in [3.05, 3.63) is 94.1 Å². The van der Waals surface area contributed by atoms with Gasteiger partial charge in [0.1, 0.15) is 22.8 Å². The fourth-order valence-corrected chi connectivity index (χ4v) is 3.59. The van der Waals surface area contributed by atoms with Crippen molar-refractivity contribution in [3.63, 3.8) is 0 Å². The zero-order valence-corrected chi connectivity index (χ0v) is 30.9. The highest BCUT2D eigenvalue weighted by Crippen LogP contribution is 2.07. The Morgan fingerprint density at radius 1 is 0.686 bits per heavy atom. The van der Waals surface area contributed by atoms with Crippen molar-refractivity contribution >= 4 is 53.0 Å². The van der Waals surface area contributed by atoms with Crippen LogP contribution in [0.4, 0.5) is 0 Å². The number of aryl methyl sites for hydroxylation is 4. The number of carboxylic acid groups (broad SMARTS) is 1. The molecule has 0 aromatic carbocycles. The second kappa shape index (κ2) is 26.6. The van der Waals surface area contributed by atoms with Gasteiger partial charge in [-0.25, -0.2) is 19.2 Å². The van der Waals surface area contributed by atoms with Gasteiger partial charge in [0, 0.05) is 35.7 Å². The number of hydrogen-bond acceptors (Lipinski definition) is 7. The summed E-state index contributed by atoms with van der Waals surface area (Å²) in [5, 5.41) is 11.0. The smallest absolute Gasteiger partial charge is 0.362 e. The lowest BCUT2D eigenvalue weighted by Crippen LogP contribution is -2.27. The molecule has 6 N–H and O–H groups in total. The topological polar surface area (TPSA) is 199 Å². The first kappa shape index (κ1) is 47.9. The molecule has 4 heterocycles. The predicted octanol–water partition coefficient (Wildman–Crippen LogP) is 7.11. The molecule has 0 fully saturated rings. The summed E-state index contributed by atoms with van der Waals surface area (Å²) in [4.78, 5) is 65.6. The normalized spacial score (nSPS) is 9.16. The first-order chi connectivity index (χ1) is 23.5. The van der Waals surface area contributed by atoms with Crippen molar-refractivity contribution in [3.8, 4) is 11.8 Å². The van der Waals surface area contributed by atoms with E-state index in [1.165, 1.54) is 13.0 Å². The van der Waals surface area contributed by atoms with Gasteiger partial charge in [0.15, 0.2) is 0 Å². The molecule has 0 radical (unpaired) electrons. The Morgan fingerprint density at radius 2 is 1.02 bits per heavy atom. The van der Waals surface area contributed by atoms with Crippen LogP contribution in [0.25, 0.3) is 0 Å². The summed E-state index contributed by atoms with van der Waals surface area (Å²) in [6.45, 7) is 14.9. The Hall–Kier alpha value is -5.19. The van der Waals surface area contributed by atoms with Gasteiger partial charge in [-0.05, 0) is 97.0 Å². The minimum atomic E-state index is -0.914. The highest BCUT2D eigenvalue weighted by Gasteiger charge is 2.17. The zero-order chi connectivity index (χ0) is 38.2. The number of hydrogen-bond donors (Lipinski definition) is 6. The Labute approximate surface area is 309 Å². The maximum atomic E-state index is 11.6. The Morgan fingerprint density at radius 3 is 1.22 bits per heavy atom. The highest BCUT2D eigenvalue weighted by atomic mass is 35.5. The lowest BCUT2D eigenvalue weighted by Gasteiger charge is -2.02. The van der Waals surface area contributed by atoms with Gasteiger partial charge in [-0.2, -0.15) is 0 Å². The average molecular weight is 751 g/mol. The van der Waals surface area contributed by atoms with E-state index in [9.17, 15) is 24.0 Å². The van der Waals surface area contributed by atoms with E-state index in [1.54, 1.807) is 43.3 Å².